The van der Waals surface area contributed by atoms with Crippen LogP contribution in [-0.4, -0.2) is 58.5 Å². The van der Waals surface area contributed by atoms with Crippen molar-refractivity contribution in [2.45, 2.75) is 0 Å². The highest BCUT2D eigenvalue weighted by atomic mass is 35.5. The van der Waals surface area contributed by atoms with Gasteiger partial charge in [-0.15, -0.1) is 0 Å². The number of pyridine rings is 1. The number of anilines is 3. The number of piperazine rings is 1. The first kappa shape index (κ1) is 22.7. The third kappa shape index (κ3) is 5.04. The smallest absolute Gasteiger partial charge is 0.260 e. The predicted molar refractivity (Wildman–Crippen MR) is 137 cm³/mol. The summed E-state index contributed by atoms with van der Waals surface area (Å²) in [5, 5.41) is 0.618. The fourth-order valence-electron chi connectivity index (χ4n) is 4.03. The molecule has 3 heterocycles. The van der Waals surface area contributed by atoms with Crippen LogP contribution in [0.1, 0.15) is 0 Å². The van der Waals surface area contributed by atoms with Crippen LogP contribution in [0.4, 0.5) is 17.5 Å². The third-order valence-electron chi connectivity index (χ3n) is 5.83. The van der Waals surface area contributed by atoms with Crippen molar-refractivity contribution in [1.29, 1.82) is 0 Å². The van der Waals surface area contributed by atoms with E-state index in [1.807, 2.05) is 36.4 Å². The molecule has 10 heteroatoms. The lowest BCUT2D eigenvalue weighted by Gasteiger charge is -2.35. The van der Waals surface area contributed by atoms with Gasteiger partial charge >= 0.3 is 0 Å². The normalized spacial score (nSPS) is 13.7. The van der Waals surface area contributed by atoms with Crippen molar-refractivity contribution in [3.05, 3.63) is 65.7 Å². The number of carbonyl (C=O) groups excluding carboxylic acids is 1. The van der Waals surface area contributed by atoms with Gasteiger partial charge in [-0.1, -0.05) is 23.7 Å². The van der Waals surface area contributed by atoms with Gasteiger partial charge in [-0.25, -0.2) is 9.97 Å². The van der Waals surface area contributed by atoms with Crippen molar-refractivity contribution in [2.24, 2.45) is 0 Å². The van der Waals surface area contributed by atoms with Crippen molar-refractivity contribution < 1.29 is 9.53 Å². The number of benzene rings is 2. The van der Waals surface area contributed by atoms with E-state index < -0.39 is 0 Å². The molecule has 178 valence electrons. The lowest BCUT2D eigenvalue weighted by Crippen LogP contribution is -2.50. The number of carbonyl (C=O) groups is 1. The van der Waals surface area contributed by atoms with E-state index in [1.54, 1.807) is 29.2 Å². The zero-order valence-electron chi connectivity index (χ0n) is 18.9. The molecule has 0 aliphatic carbocycles. The maximum atomic E-state index is 12.7. The van der Waals surface area contributed by atoms with E-state index >= 15 is 0 Å². The number of aromatic nitrogens is 3. The van der Waals surface area contributed by atoms with Crippen LogP contribution in [0.15, 0.2) is 60.7 Å². The second-order valence-electron chi connectivity index (χ2n) is 8.21. The molecule has 1 fully saturated rings. The number of nitrogens with zero attached hydrogens (tertiary/aromatic N) is 5. The van der Waals surface area contributed by atoms with Gasteiger partial charge in [-0.05, 0) is 48.5 Å². The van der Waals surface area contributed by atoms with Gasteiger partial charge in [-0.2, -0.15) is 4.98 Å². The Kier molecular flexibility index (Phi) is 6.24. The molecular weight excluding hydrogens is 466 g/mol. The number of nitrogens with two attached hydrogens (primary N) is 2. The quantitative estimate of drug-likeness (QED) is 0.409. The number of hydrogen-bond donors (Lipinski definition) is 2. The summed E-state index contributed by atoms with van der Waals surface area (Å²) < 4.78 is 5.60. The molecule has 4 aromatic rings. The van der Waals surface area contributed by atoms with Crippen LogP contribution in [0.25, 0.3) is 22.3 Å². The number of rotatable bonds is 5. The van der Waals surface area contributed by atoms with Crippen LogP contribution >= 0.6 is 11.6 Å². The van der Waals surface area contributed by atoms with Crippen molar-refractivity contribution in [1.82, 2.24) is 19.9 Å². The summed E-state index contributed by atoms with van der Waals surface area (Å²) >= 11 is 5.89. The molecule has 0 bridgehead atoms. The summed E-state index contributed by atoms with van der Waals surface area (Å²) in [6.45, 7) is 2.20. The monoisotopic (exact) mass is 489 g/mol. The highest BCUT2D eigenvalue weighted by Crippen LogP contribution is 2.28. The Hall–Kier alpha value is -4.11. The number of nitrogen functional groups attached to an aromatic ring is 2. The first-order chi connectivity index (χ1) is 17.0. The topological polar surface area (TPSA) is 123 Å². The van der Waals surface area contributed by atoms with E-state index in [4.69, 9.17) is 32.8 Å². The molecule has 4 N–H and O–H groups in total. The minimum Gasteiger partial charge on any atom is -0.484 e. The molecule has 35 heavy (non-hydrogen) atoms. The van der Waals surface area contributed by atoms with Crippen LogP contribution < -0.4 is 21.1 Å². The molecule has 5 rings (SSSR count). The fraction of sp³-hybridized carbons (Fsp3) is 0.200. The summed E-state index contributed by atoms with van der Waals surface area (Å²) in [4.78, 5) is 30.2. The lowest BCUT2D eigenvalue weighted by atomic mass is 10.1. The molecule has 2 aromatic heterocycles. The molecule has 2 aromatic carbocycles. The van der Waals surface area contributed by atoms with Crippen LogP contribution in [-0.2, 0) is 4.79 Å². The second-order valence-corrected chi connectivity index (χ2v) is 8.64. The number of halogens is 1. The summed E-state index contributed by atoms with van der Waals surface area (Å²) in [5.74, 6) is 1.36. The fourth-order valence-corrected chi connectivity index (χ4v) is 4.16. The molecule has 9 nitrogen and oxygen atoms in total. The molecule has 1 aliphatic rings. The lowest BCUT2D eigenvalue weighted by molar-refractivity contribution is -0.133. The Morgan fingerprint density at radius 2 is 1.71 bits per heavy atom. The van der Waals surface area contributed by atoms with Gasteiger partial charge < -0.3 is 26.0 Å². The molecule has 1 amide bonds. The van der Waals surface area contributed by atoms with Gasteiger partial charge in [0.1, 0.15) is 11.3 Å². The highest BCUT2D eigenvalue weighted by Gasteiger charge is 2.24. The SMILES string of the molecule is Nc1cccc(-c2ccc3nc(N)nc(N4CCN(C(=O)COc5ccc(Cl)cc5)CC4)c3n2)c1. The number of amides is 1. The molecule has 0 unspecified atom stereocenters. The maximum absolute atomic E-state index is 12.7. The van der Waals surface area contributed by atoms with E-state index in [-0.39, 0.29) is 18.5 Å². The van der Waals surface area contributed by atoms with Crippen molar-refractivity contribution in [2.75, 3.05) is 49.2 Å². The molecule has 1 aliphatic heterocycles. The van der Waals surface area contributed by atoms with Crippen molar-refractivity contribution in [3.63, 3.8) is 0 Å². The maximum Gasteiger partial charge on any atom is 0.260 e. The first-order valence-corrected chi connectivity index (χ1v) is 11.6. The number of ether oxygens (including phenoxy) is 1. The standard InChI is InChI=1S/C25H24ClN7O2/c26-17-4-6-19(7-5-17)35-15-22(34)32-10-12-33(13-11-32)24-23-21(30-25(28)31-24)9-8-20(29-23)16-2-1-3-18(27)14-16/h1-9,14H,10-13,15,27H2,(H2,28,30,31). The summed E-state index contributed by atoms with van der Waals surface area (Å²) in [7, 11) is 0. The second kappa shape index (κ2) is 9.63. The number of hydrogen-bond acceptors (Lipinski definition) is 8. The summed E-state index contributed by atoms with van der Waals surface area (Å²) in [6.07, 6.45) is 0. The van der Waals surface area contributed by atoms with E-state index in [2.05, 4.69) is 14.9 Å². The van der Waals surface area contributed by atoms with Gasteiger partial charge in [0.2, 0.25) is 5.95 Å². The molecule has 0 radical (unpaired) electrons. The Morgan fingerprint density at radius 3 is 2.46 bits per heavy atom. The average molecular weight is 490 g/mol. The van der Waals surface area contributed by atoms with Gasteiger partial charge in [0.05, 0.1) is 11.2 Å². The minimum atomic E-state index is -0.0752. The third-order valence-corrected chi connectivity index (χ3v) is 6.08. The Labute approximate surface area is 207 Å². The summed E-state index contributed by atoms with van der Waals surface area (Å²) in [6, 6.07) is 18.3. The molecule has 0 spiro atoms. The van der Waals surface area contributed by atoms with Crippen molar-refractivity contribution in [3.8, 4) is 17.0 Å². The zero-order chi connectivity index (χ0) is 24.4. The largest absolute Gasteiger partial charge is 0.484 e. The predicted octanol–water partition coefficient (Wildman–Crippen LogP) is 3.24. The average Bonchev–Trinajstić information content (AvgIpc) is 2.87. The zero-order valence-corrected chi connectivity index (χ0v) is 19.7. The van der Waals surface area contributed by atoms with E-state index in [0.29, 0.717) is 59.5 Å². The van der Waals surface area contributed by atoms with Crippen LogP contribution in [0, 0.1) is 0 Å². The van der Waals surface area contributed by atoms with Gasteiger partial charge in [-0.3, -0.25) is 4.79 Å². The van der Waals surface area contributed by atoms with E-state index in [0.717, 1.165) is 11.3 Å². The highest BCUT2D eigenvalue weighted by molar-refractivity contribution is 6.30. The Bertz CT molecular complexity index is 1370. The molecule has 0 atom stereocenters. The Balaban J connectivity index is 1.31. The van der Waals surface area contributed by atoms with Crippen LogP contribution in [0.3, 0.4) is 0 Å². The molecule has 0 saturated carbocycles. The van der Waals surface area contributed by atoms with E-state index in [9.17, 15) is 4.79 Å². The number of fused-ring (bicyclic) bond motifs is 1. The van der Waals surface area contributed by atoms with Crippen molar-refractivity contribution >= 4 is 46.0 Å². The van der Waals surface area contributed by atoms with Gasteiger partial charge in [0.25, 0.3) is 5.91 Å². The molecule has 1 saturated heterocycles. The summed E-state index contributed by atoms with van der Waals surface area (Å²) in [5.41, 5.74) is 15.6. The first-order valence-electron chi connectivity index (χ1n) is 11.2. The Morgan fingerprint density at radius 1 is 0.943 bits per heavy atom. The van der Waals surface area contributed by atoms with E-state index in [1.165, 1.54) is 0 Å². The van der Waals surface area contributed by atoms with Crippen LogP contribution in [0.2, 0.25) is 5.02 Å². The van der Waals surface area contributed by atoms with Crippen LogP contribution in [0.5, 0.6) is 5.75 Å². The van der Waals surface area contributed by atoms with Gasteiger partial charge in [0, 0.05) is 42.5 Å². The molecular formula is C25H24ClN7O2. The minimum absolute atomic E-state index is 0.0316. The van der Waals surface area contributed by atoms with Gasteiger partial charge in [0.15, 0.2) is 12.4 Å².